The van der Waals surface area contributed by atoms with Gasteiger partial charge in [0.15, 0.2) is 5.15 Å². The van der Waals surface area contributed by atoms with Crippen molar-refractivity contribution in [1.82, 2.24) is 14.8 Å². The van der Waals surface area contributed by atoms with Gasteiger partial charge < -0.3 is 10.2 Å². The van der Waals surface area contributed by atoms with Gasteiger partial charge in [0.1, 0.15) is 0 Å². The molecule has 3 heterocycles. The minimum absolute atomic E-state index is 0.0918. The minimum Gasteiger partial charge on any atom is -0.321 e. The number of hydrogen-bond donors (Lipinski definition) is 1. The third-order valence-corrected chi connectivity index (χ3v) is 4.77. The Morgan fingerprint density at radius 3 is 2.95 bits per heavy atom. The molecule has 0 spiro atoms. The average Bonchev–Trinajstić information content (AvgIpc) is 2.42. The van der Waals surface area contributed by atoms with E-state index < -0.39 is 0 Å². The lowest BCUT2D eigenvalue weighted by Crippen LogP contribution is -2.64. The monoisotopic (exact) mass is 308 g/mol. The molecule has 2 fully saturated rings. The number of carbonyl (C=O) groups excluding carboxylic acids is 1. The van der Waals surface area contributed by atoms with E-state index in [-0.39, 0.29) is 6.03 Å². The maximum atomic E-state index is 12.2. The molecule has 5 nitrogen and oxygen atoms in total. The molecule has 0 aromatic carbocycles. The lowest BCUT2D eigenvalue weighted by atomic mass is 9.98. The molecular formula is C15H21ClN4O. The van der Waals surface area contributed by atoms with Gasteiger partial charge in [-0.25, -0.2) is 9.78 Å². The van der Waals surface area contributed by atoms with Crippen LogP contribution in [0.25, 0.3) is 0 Å². The number of hydrogen-bond acceptors (Lipinski definition) is 3. The van der Waals surface area contributed by atoms with Gasteiger partial charge in [0.05, 0.1) is 5.69 Å². The van der Waals surface area contributed by atoms with Crippen LogP contribution in [0.4, 0.5) is 10.5 Å². The summed E-state index contributed by atoms with van der Waals surface area (Å²) in [5, 5.41) is 3.15. The molecule has 114 valence electrons. The second-order valence-corrected chi connectivity index (χ2v) is 6.27. The molecular weight excluding hydrogens is 288 g/mol. The number of amides is 2. The van der Waals surface area contributed by atoms with Crippen LogP contribution in [0, 0.1) is 0 Å². The Morgan fingerprint density at radius 1 is 1.43 bits per heavy atom. The number of likely N-dealkylation sites (tertiary alicyclic amines) is 2. The SMILES string of the molecule is CC1CCCCN1C1CN(C(=O)Nc2cccnc2Cl)C1. The van der Waals surface area contributed by atoms with Crippen molar-refractivity contribution in [2.24, 2.45) is 0 Å². The Kier molecular flexibility index (Phi) is 4.31. The summed E-state index contributed by atoms with van der Waals surface area (Å²) in [4.78, 5) is 20.5. The van der Waals surface area contributed by atoms with E-state index in [0.29, 0.717) is 22.9 Å². The summed E-state index contributed by atoms with van der Waals surface area (Å²) in [6, 6.07) is 4.58. The molecule has 1 N–H and O–H groups in total. The molecule has 2 amide bonds. The largest absolute Gasteiger partial charge is 0.322 e. The highest BCUT2D eigenvalue weighted by molar-refractivity contribution is 6.32. The summed E-state index contributed by atoms with van der Waals surface area (Å²) in [6.07, 6.45) is 5.48. The molecule has 1 unspecified atom stereocenters. The highest BCUT2D eigenvalue weighted by atomic mass is 35.5. The Labute approximate surface area is 130 Å². The van der Waals surface area contributed by atoms with Crippen molar-refractivity contribution in [3.8, 4) is 0 Å². The van der Waals surface area contributed by atoms with Crippen molar-refractivity contribution in [2.45, 2.75) is 38.3 Å². The number of halogens is 1. The summed E-state index contributed by atoms with van der Waals surface area (Å²) in [5.74, 6) is 0. The van der Waals surface area contributed by atoms with Gasteiger partial charge in [-0.2, -0.15) is 0 Å². The van der Waals surface area contributed by atoms with Crippen molar-refractivity contribution in [3.63, 3.8) is 0 Å². The third-order valence-electron chi connectivity index (χ3n) is 4.47. The minimum atomic E-state index is -0.0918. The molecule has 2 aliphatic rings. The molecule has 1 atom stereocenters. The molecule has 1 aromatic rings. The van der Waals surface area contributed by atoms with Crippen LogP contribution in [0.5, 0.6) is 0 Å². The molecule has 21 heavy (non-hydrogen) atoms. The van der Waals surface area contributed by atoms with Gasteiger partial charge in [-0.05, 0) is 38.4 Å². The van der Waals surface area contributed by atoms with Crippen LogP contribution < -0.4 is 5.32 Å². The molecule has 6 heteroatoms. The predicted octanol–water partition coefficient (Wildman–Crippen LogP) is 2.83. The van der Waals surface area contributed by atoms with Gasteiger partial charge in [0, 0.05) is 31.4 Å². The number of carbonyl (C=O) groups is 1. The van der Waals surface area contributed by atoms with Gasteiger partial charge in [-0.15, -0.1) is 0 Å². The molecule has 0 bridgehead atoms. The molecule has 2 saturated heterocycles. The van der Waals surface area contributed by atoms with Crippen LogP contribution in [0.15, 0.2) is 18.3 Å². The van der Waals surface area contributed by atoms with Crippen molar-refractivity contribution >= 4 is 23.3 Å². The smallest absolute Gasteiger partial charge is 0.321 e. The van der Waals surface area contributed by atoms with Gasteiger partial charge in [-0.3, -0.25) is 4.90 Å². The van der Waals surface area contributed by atoms with E-state index in [1.807, 2.05) is 4.90 Å². The first-order chi connectivity index (χ1) is 10.1. The molecule has 0 radical (unpaired) electrons. The van der Waals surface area contributed by atoms with Crippen LogP contribution in [0.1, 0.15) is 26.2 Å². The maximum Gasteiger partial charge on any atom is 0.322 e. The molecule has 3 rings (SSSR count). The molecule has 1 aromatic heterocycles. The van der Waals surface area contributed by atoms with E-state index in [1.165, 1.54) is 19.3 Å². The van der Waals surface area contributed by atoms with E-state index in [9.17, 15) is 4.79 Å². The first kappa shape index (κ1) is 14.6. The van der Waals surface area contributed by atoms with Gasteiger partial charge in [0.25, 0.3) is 0 Å². The standard InChI is InChI=1S/C15H21ClN4O/c1-11-5-2-3-8-20(11)12-9-19(10-12)15(21)18-13-6-4-7-17-14(13)16/h4,6-7,11-12H,2-3,5,8-10H2,1H3,(H,18,21). The second kappa shape index (κ2) is 6.20. The number of anilines is 1. The van der Waals surface area contributed by atoms with Gasteiger partial charge >= 0.3 is 6.03 Å². The van der Waals surface area contributed by atoms with E-state index in [4.69, 9.17) is 11.6 Å². The number of nitrogens with one attached hydrogen (secondary N) is 1. The highest BCUT2D eigenvalue weighted by Crippen LogP contribution is 2.25. The lowest BCUT2D eigenvalue weighted by Gasteiger charge is -2.49. The lowest BCUT2D eigenvalue weighted by molar-refractivity contribution is 0.0199. The van der Waals surface area contributed by atoms with Crippen LogP contribution in [0.2, 0.25) is 5.15 Å². The van der Waals surface area contributed by atoms with Gasteiger partial charge in [0.2, 0.25) is 0 Å². The van der Waals surface area contributed by atoms with Gasteiger partial charge in [-0.1, -0.05) is 18.0 Å². The molecule has 0 aliphatic carbocycles. The topological polar surface area (TPSA) is 48.5 Å². The van der Waals surface area contributed by atoms with Crippen molar-refractivity contribution in [1.29, 1.82) is 0 Å². The summed E-state index contributed by atoms with van der Waals surface area (Å²) in [7, 11) is 0. The number of aromatic nitrogens is 1. The fourth-order valence-electron chi connectivity index (χ4n) is 3.17. The average molecular weight is 309 g/mol. The number of rotatable bonds is 2. The molecule has 0 saturated carbocycles. The second-order valence-electron chi connectivity index (χ2n) is 5.91. The number of piperidine rings is 1. The number of pyridine rings is 1. The Balaban J connectivity index is 1.52. The maximum absolute atomic E-state index is 12.2. The van der Waals surface area contributed by atoms with Crippen LogP contribution in [0.3, 0.4) is 0 Å². The summed E-state index contributed by atoms with van der Waals surface area (Å²) < 4.78 is 0. The first-order valence-corrected chi connectivity index (χ1v) is 7.95. The zero-order valence-electron chi connectivity index (χ0n) is 12.3. The van der Waals surface area contributed by atoms with Crippen LogP contribution in [-0.2, 0) is 0 Å². The quantitative estimate of drug-likeness (QED) is 0.855. The van der Waals surface area contributed by atoms with E-state index >= 15 is 0 Å². The van der Waals surface area contributed by atoms with Crippen LogP contribution in [-0.4, -0.2) is 52.5 Å². The highest BCUT2D eigenvalue weighted by Gasteiger charge is 2.37. The van der Waals surface area contributed by atoms with Crippen molar-refractivity contribution in [3.05, 3.63) is 23.5 Å². The van der Waals surface area contributed by atoms with Crippen molar-refractivity contribution < 1.29 is 4.79 Å². The number of nitrogens with zero attached hydrogens (tertiary/aromatic N) is 3. The van der Waals surface area contributed by atoms with E-state index in [0.717, 1.165) is 19.6 Å². The van der Waals surface area contributed by atoms with Crippen molar-refractivity contribution in [2.75, 3.05) is 25.0 Å². The summed E-state index contributed by atoms with van der Waals surface area (Å²) in [6.45, 7) is 5.05. The first-order valence-electron chi connectivity index (χ1n) is 7.57. The molecule has 2 aliphatic heterocycles. The zero-order valence-corrected chi connectivity index (χ0v) is 13.0. The Hall–Kier alpha value is -1.33. The fraction of sp³-hybridized carbons (Fsp3) is 0.600. The Morgan fingerprint density at radius 2 is 2.24 bits per heavy atom. The summed E-state index contributed by atoms with van der Waals surface area (Å²) >= 11 is 5.95. The zero-order chi connectivity index (χ0) is 14.8. The van der Waals surface area contributed by atoms with E-state index in [2.05, 4.69) is 22.1 Å². The summed E-state index contributed by atoms with van der Waals surface area (Å²) in [5.41, 5.74) is 0.568. The third kappa shape index (κ3) is 3.14. The fourth-order valence-corrected chi connectivity index (χ4v) is 3.33. The number of urea groups is 1. The predicted molar refractivity (Wildman–Crippen MR) is 83.6 cm³/mol. The Bertz CT molecular complexity index is 518. The van der Waals surface area contributed by atoms with Crippen LogP contribution >= 0.6 is 11.6 Å². The normalized spacial score (nSPS) is 23.7. The van der Waals surface area contributed by atoms with E-state index in [1.54, 1.807) is 18.3 Å².